The molecule has 1 aromatic rings. The number of nitrogens with one attached hydrogen (secondary N) is 1. The Morgan fingerprint density at radius 2 is 1.93 bits per heavy atom. The standard InChI is InChI=1S/C21H26N4O3/c22-21-8-6-15(7-9-21)24(12-21)10-13-2-1-3-14-11-25(20(28)18(13)14)16-4-5-17(26)23-19(16)27/h1-3,15-16H,4-12,22H2,(H,23,26,27). The summed E-state index contributed by atoms with van der Waals surface area (Å²) < 4.78 is 0. The fourth-order valence-corrected chi connectivity index (χ4v) is 5.46. The minimum atomic E-state index is -0.566. The van der Waals surface area contributed by atoms with Crippen LogP contribution in [0.25, 0.3) is 0 Å². The predicted molar refractivity (Wildman–Crippen MR) is 102 cm³/mol. The van der Waals surface area contributed by atoms with Crippen LogP contribution in [0.5, 0.6) is 0 Å². The Morgan fingerprint density at radius 3 is 2.64 bits per heavy atom. The first kappa shape index (κ1) is 17.8. The van der Waals surface area contributed by atoms with Gasteiger partial charge >= 0.3 is 0 Å². The summed E-state index contributed by atoms with van der Waals surface area (Å²) in [4.78, 5) is 41.0. The van der Waals surface area contributed by atoms with Crippen LogP contribution in [0.4, 0.5) is 0 Å². The maximum atomic E-state index is 13.2. The number of hydrogen-bond donors (Lipinski definition) is 2. The number of hydrogen-bond acceptors (Lipinski definition) is 5. The molecule has 7 nitrogen and oxygen atoms in total. The third-order valence-corrected chi connectivity index (χ3v) is 7.00. The molecule has 7 heteroatoms. The lowest BCUT2D eigenvalue weighted by atomic mass is 9.74. The van der Waals surface area contributed by atoms with Gasteiger partial charge in [0.2, 0.25) is 11.8 Å². The average Bonchev–Trinajstić information content (AvgIpc) is 2.99. The number of imide groups is 1. The van der Waals surface area contributed by atoms with Gasteiger partial charge in [-0.3, -0.25) is 24.6 Å². The monoisotopic (exact) mass is 382 g/mol. The quantitative estimate of drug-likeness (QED) is 0.758. The molecule has 1 unspecified atom stereocenters. The molecule has 2 bridgehead atoms. The second-order valence-corrected chi connectivity index (χ2v) is 8.85. The van der Waals surface area contributed by atoms with Crippen LogP contribution in [0.1, 0.15) is 60.0 Å². The predicted octanol–water partition coefficient (Wildman–Crippen LogP) is 0.903. The molecule has 3 N–H and O–H groups in total. The van der Waals surface area contributed by atoms with E-state index in [1.165, 1.54) is 0 Å². The van der Waals surface area contributed by atoms with Crippen molar-refractivity contribution in [1.29, 1.82) is 0 Å². The molecule has 3 amide bonds. The maximum Gasteiger partial charge on any atom is 0.255 e. The van der Waals surface area contributed by atoms with Crippen LogP contribution in [0.15, 0.2) is 18.2 Å². The fourth-order valence-electron chi connectivity index (χ4n) is 5.46. The minimum absolute atomic E-state index is 0.0878. The third kappa shape index (κ3) is 2.84. The van der Waals surface area contributed by atoms with E-state index in [9.17, 15) is 14.4 Å². The molecule has 28 heavy (non-hydrogen) atoms. The summed E-state index contributed by atoms with van der Waals surface area (Å²) in [6, 6.07) is 5.97. The highest BCUT2D eigenvalue weighted by atomic mass is 16.2. The maximum absolute atomic E-state index is 13.2. The smallest absolute Gasteiger partial charge is 0.255 e. The van der Waals surface area contributed by atoms with Crippen molar-refractivity contribution in [3.63, 3.8) is 0 Å². The zero-order valence-electron chi connectivity index (χ0n) is 15.9. The van der Waals surface area contributed by atoms with Gasteiger partial charge in [0.25, 0.3) is 5.91 Å². The Morgan fingerprint density at radius 1 is 1.14 bits per heavy atom. The molecule has 0 radical (unpaired) electrons. The number of nitrogens with zero attached hydrogens (tertiary/aromatic N) is 2. The Bertz CT molecular complexity index is 859. The van der Waals surface area contributed by atoms with Crippen LogP contribution in [-0.4, -0.2) is 51.7 Å². The van der Waals surface area contributed by atoms with Crippen molar-refractivity contribution >= 4 is 17.7 Å². The Labute approximate surface area is 164 Å². The molecule has 5 aliphatic rings. The largest absolute Gasteiger partial charge is 0.324 e. The zero-order valence-corrected chi connectivity index (χ0v) is 15.9. The number of fused-ring (bicyclic) bond motifs is 4. The van der Waals surface area contributed by atoms with Crippen molar-refractivity contribution in [3.8, 4) is 0 Å². The number of rotatable bonds is 3. The highest BCUT2D eigenvalue weighted by Gasteiger charge is 2.43. The van der Waals surface area contributed by atoms with Gasteiger partial charge in [0.1, 0.15) is 6.04 Å². The zero-order chi connectivity index (χ0) is 19.5. The van der Waals surface area contributed by atoms with Crippen molar-refractivity contribution in [2.24, 2.45) is 5.73 Å². The van der Waals surface area contributed by atoms with Gasteiger partial charge in [-0.2, -0.15) is 0 Å². The summed E-state index contributed by atoms with van der Waals surface area (Å²) in [6.45, 7) is 2.03. The molecular weight excluding hydrogens is 356 g/mol. The molecule has 4 heterocycles. The first-order chi connectivity index (χ1) is 13.4. The van der Waals surface area contributed by atoms with Crippen molar-refractivity contribution in [1.82, 2.24) is 15.1 Å². The lowest BCUT2D eigenvalue weighted by Gasteiger charge is -2.51. The van der Waals surface area contributed by atoms with E-state index in [1.807, 2.05) is 18.2 Å². The summed E-state index contributed by atoms with van der Waals surface area (Å²) >= 11 is 0. The lowest BCUT2D eigenvalue weighted by molar-refractivity contribution is -0.136. The molecule has 1 aliphatic carbocycles. The second kappa shape index (κ2) is 6.39. The van der Waals surface area contributed by atoms with Crippen LogP contribution < -0.4 is 11.1 Å². The molecule has 148 valence electrons. The molecule has 4 fully saturated rings. The van der Waals surface area contributed by atoms with Gasteiger partial charge in [0, 0.05) is 43.2 Å². The molecule has 0 aromatic heterocycles. The topological polar surface area (TPSA) is 95.7 Å². The first-order valence-electron chi connectivity index (χ1n) is 10.2. The van der Waals surface area contributed by atoms with Crippen LogP contribution in [0, 0.1) is 0 Å². The molecule has 0 spiro atoms. The van der Waals surface area contributed by atoms with Gasteiger partial charge in [0.15, 0.2) is 0 Å². The first-order valence-corrected chi connectivity index (χ1v) is 10.2. The van der Waals surface area contributed by atoms with Gasteiger partial charge < -0.3 is 10.6 Å². The summed E-state index contributed by atoms with van der Waals surface area (Å²) in [7, 11) is 0. The van der Waals surface area contributed by atoms with Crippen molar-refractivity contribution in [2.45, 2.75) is 69.2 Å². The Balaban J connectivity index is 1.39. The number of carbonyl (C=O) groups excluding carboxylic acids is 3. The van der Waals surface area contributed by atoms with E-state index in [0.717, 1.165) is 55.5 Å². The van der Waals surface area contributed by atoms with Crippen LogP contribution in [0.3, 0.4) is 0 Å². The Hall–Kier alpha value is -2.25. The van der Waals surface area contributed by atoms with E-state index >= 15 is 0 Å². The third-order valence-electron chi connectivity index (χ3n) is 7.00. The molecular formula is C21H26N4O3. The van der Waals surface area contributed by atoms with Gasteiger partial charge in [-0.25, -0.2) is 0 Å². The van der Waals surface area contributed by atoms with E-state index in [0.29, 0.717) is 19.0 Å². The van der Waals surface area contributed by atoms with E-state index in [1.54, 1.807) is 4.90 Å². The van der Waals surface area contributed by atoms with Gasteiger partial charge in [-0.05, 0) is 43.2 Å². The molecule has 4 aliphatic heterocycles. The molecule has 1 saturated carbocycles. The minimum Gasteiger partial charge on any atom is -0.324 e. The summed E-state index contributed by atoms with van der Waals surface area (Å²) in [6.07, 6.45) is 5.09. The molecule has 3 saturated heterocycles. The molecule has 6 rings (SSSR count). The van der Waals surface area contributed by atoms with E-state index < -0.39 is 6.04 Å². The van der Waals surface area contributed by atoms with Crippen molar-refractivity contribution in [2.75, 3.05) is 6.54 Å². The summed E-state index contributed by atoms with van der Waals surface area (Å²) in [5.41, 5.74) is 9.18. The van der Waals surface area contributed by atoms with Crippen LogP contribution in [-0.2, 0) is 22.7 Å². The lowest BCUT2D eigenvalue weighted by Crippen LogP contribution is -2.61. The van der Waals surface area contributed by atoms with E-state index in [-0.39, 0.29) is 29.7 Å². The number of benzene rings is 1. The Kier molecular flexibility index (Phi) is 4.07. The SMILES string of the molecule is NC12CCC(CC1)N(Cc1cccc3c1C(=O)N(C1CCC(=O)NC1=O)C3)C2. The second-order valence-electron chi connectivity index (χ2n) is 8.85. The van der Waals surface area contributed by atoms with Crippen molar-refractivity contribution < 1.29 is 14.4 Å². The normalized spacial score (nSPS) is 32.6. The average molecular weight is 382 g/mol. The number of nitrogens with two attached hydrogens (primary N) is 1. The number of piperidine rings is 3. The molecule has 1 aromatic carbocycles. The van der Waals surface area contributed by atoms with Crippen LogP contribution in [0.2, 0.25) is 0 Å². The number of amides is 3. The van der Waals surface area contributed by atoms with Crippen LogP contribution >= 0.6 is 0 Å². The molecule has 1 atom stereocenters. The number of carbonyl (C=O) groups is 3. The van der Waals surface area contributed by atoms with Gasteiger partial charge in [0.05, 0.1) is 0 Å². The highest BCUT2D eigenvalue weighted by molar-refractivity contribution is 6.05. The van der Waals surface area contributed by atoms with Crippen molar-refractivity contribution in [3.05, 3.63) is 34.9 Å². The summed E-state index contributed by atoms with van der Waals surface area (Å²) in [5, 5.41) is 2.36. The van der Waals surface area contributed by atoms with Gasteiger partial charge in [-0.15, -0.1) is 0 Å². The highest BCUT2D eigenvalue weighted by Crippen LogP contribution is 2.38. The summed E-state index contributed by atoms with van der Waals surface area (Å²) in [5.74, 6) is -0.718. The van der Waals surface area contributed by atoms with E-state index in [4.69, 9.17) is 5.73 Å². The van der Waals surface area contributed by atoms with Gasteiger partial charge in [-0.1, -0.05) is 18.2 Å². The van der Waals surface area contributed by atoms with E-state index in [2.05, 4.69) is 10.2 Å². The fraction of sp³-hybridized carbons (Fsp3) is 0.571.